The van der Waals surface area contributed by atoms with Crippen LogP contribution in [0.25, 0.3) is 0 Å². The highest BCUT2D eigenvalue weighted by Gasteiger charge is 2.38. The molecule has 0 spiro atoms. The SMILES string of the molecule is OC1(c2ccccc2)CCN(C2c3ccccc3CCc3ccccc32)CC1. The monoisotopic (exact) mass is 369 g/mol. The van der Waals surface area contributed by atoms with Gasteiger partial charge in [-0.25, -0.2) is 0 Å². The average molecular weight is 370 g/mol. The lowest BCUT2D eigenvalue weighted by Crippen LogP contribution is -2.44. The van der Waals surface area contributed by atoms with Crippen LogP contribution in [0.1, 0.15) is 46.7 Å². The molecule has 0 unspecified atom stereocenters. The number of hydrogen-bond acceptors (Lipinski definition) is 2. The second-order valence-electron chi connectivity index (χ2n) is 8.23. The maximum atomic E-state index is 11.3. The molecule has 0 saturated carbocycles. The van der Waals surface area contributed by atoms with Crippen molar-refractivity contribution in [3.05, 3.63) is 107 Å². The highest BCUT2D eigenvalue weighted by Crippen LogP contribution is 2.41. The maximum Gasteiger partial charge on any atom is 0.0920 e. The lowest BCUT2D eigenvalue weighted by Gasteiger charge is -2.42. The van der Waals surface area contributed by atoms with Gasteiger partial charge in [-0.3, -0.25) is 4.90 Å². The lowest BCUT2D eigenvalue weighted by molar-refractivity contribution is -0.0325. The van der Waals surface area contributed by atoms with E-state index in [1.807, 2.05) is 18.2 Å². The Bertz CT molecular complexity index is 909. The summed E-state index contributed by atoms with van der Waals surface area (Å²) in [4.78, 5) is 2.58. The van der Waals surface area contributed by atoms with Gasteiger partial charge >= 0.3 is 0 Å². The van der Waals surface area contributed by atoms with Gasteiger partial charge in [0, 0.05) is 13.1 Å². The molecular formula is C26H27NO. The molecule has 0 aromatic heterocycles. The van der Waals surface area contributed by atoms with Crippen LogP contribution in [0.3, 0.4) is 0 Å². The Hall–Kier alpha value is -2.42. The van der Waals surface area contributed by atoms with Crippen molar-refractivity contribution in [3.63, 3.8) is 0 Å². The second kappa shape index (κ2) is 7.20. The topological polar surface area (TPSA) is 23.5 Å². The predicted molar refractivity (Wildman–Crippen MR) is 113 cm³/mol. The van der Waals surface area contributed by atoms with Crippen molar-refractivity contribution in [3.8, 4) is 0 Å². The van der Waals surface area contributed by atoms with Crippen molar-refractivity contribution in [2.24, 2.45) is 0 Å². The molecule has 0 bridgehead atoms. The first-order valence-electron chi connectivity index (χ1n) is 10.4. The molecule has 1 fully saturated rings. The number of hydrogen-bond donors (Lipinski definition) is 1. The number of nitrogens with zero attached hydrogens (tertiary/aromatic N) is 1. The average Bonchev–Trinajstić information content (AvgIpc) is 2.92. The third-order valence-electron chi connectivity index (χ3n) is 6.66. The molecule has 5 rings (SSSR count). The number of fused-ring (bicyclic) bond motifs is 2. The molecule has 0 atom stereocenters. The van der Waals surface area contributed by atoms with Crippen LogP contribution in [0.15, 0.2) is 78.9 Å². The second-order valence-corrected chi connectivity index (χ2v) is 8.23. The number of likely N-dealkylation sites (tertiary alicyclic amines) is 1. The van der Waals surface area contributed by atoms with Crippen LogP contribution >= 0.6 is 0 Å². The molecule has 1 aliphatic heterocycles. The smallest absolute Gasteiger partial charge is 0.0920 e. The minimum atomic E-state index is -0.707. The minimum absolute atomic E-state index is 0.287. The number of aliphatic hydroxyl groups is 1. The molecule has 0 radical (unpaired) electrons. The predicted octanol–water partition coefficient (Wildman–Crippen LogP) is 4.86. The van der Waals surface area contributed by atoms with E-state index in [2.05, 4.69) is 65.6 Å². The molecule has 2 aliphatic rings. The van der Waals surface area contributed by atoms with Crippen molar-refractivity contribution < 1.29 is 5.11 Å². The van der Waals surface area contributed by atoms with Crippen LogP contribution in [0.5, 0.6) is 0 Å². The maximum absolute atomic E-state index is 11.3. The van der Waals surface area contributed by atoms with E-state index < -0.39 is 5.60 Å². The van der Waals surface area contributed by atoms with Gasteiger partial charge in [0.2, 0.25) is 0 Å². The molecule has 28 heavy (non-hydrogen) atoms. The Labute approximate surface area is 167 Å². The third kappa shape index (κ3) is 3.07. The first-order valence-corrected chi connectivity index (χ1v) is 10.4. The number of piperidine rings is 1. The summed E-state index contributed by atoms with van der Waals surface area (Å²) in [6.45, 7) is 1.80. The highest BCUT2D eigenvalue weighted by molar-refractivity contribution is 5.44. The van der Waals surface area contributed by atoms with E-state index in [0.29, 0.717) is 0 Å². The normalized spacial score (nSPS) is 19.5. The van der Waals surface area contributed by atoms with Crippen LogP contribution in [0.4, 0.5) is 0 Å². The van der Waals surface area contributed by atoms with Crippen molar-refractivity contribution >= 4 is 0 Å². The Morgan fingerprint density at radius 1 is 0.679 bits per heavy atom. The summed E-state index contributed by atoms with van der Waals surface area (Å²) in [5.41, 5.74) is 6.16. The van der Waals surface area contributed by atoms with E-state index in [1.54, 1.807) is 0 Å². The molecule has 0 amide bonds. The molecule has 1 aliphatic carbocycles. The summed E-state index contributed by atoms with van der Waals surface area (Å²) in [6, 6.07) is 28.3. The van der Waals surface area contributed by atoms with Crippen LogP contribution in [0.2, 0.25) is 0 Å². The first kappa shape index (κ1) is 17.7. The van der Waals surface area contributed by atoms with Gasteiger partial charge in [0.15, 0.2) is 0 Å². The molecular weight excluding hydrogens is 342 g/mol. The molecule has 1 heterocycles. The molecule has 3 aromatic rings. The number of rotatable bonds is 2. The van der Waals surface area contributed by atoms with E-state index in [4.69, 9.17) is 0 Å². The van der Waals surface area contributed by atoms with Gasteiger partial charge in [-0.15, -0.1) is 0 Å². The summed E-state index contributed by atoms with van der Waals surface area (Å²) in [5.74, 6) is 0. The van der Waals surface area contributed by atoms with E-state index in [9.17, 15) is 5.11 Å². The van der Waals surface area contributed by atoms with Crippen molar-refractivity contribution in [1.29, 1.82) is 0 Å². The largest absolute Gasteiger partial charge is 0.385 e. The zero-order valence-electron chi connectivity index (χ0n) is 16.2. The van der Waals surface area contributed by atoms with Crippen LogP contribution < -0.4 is 0 Å². The first-order chi connectivity index (χ1) is 13.7. The van der Waals surface area contributed by atoms with Crippen LogP contribution in [-0.2, 0) is 18.4 Å². The third-order valence-corrected chi connectivity index (χ3v) is 6.66. The van der Waals surface area contributed by atoms with Crippen molar-refractivity contribution in [2.75, 3.05) is 13.1 Å². The Morgan fingerprint density at radius 3 is 1.75 bits per heavy atom. The molecule has 1 N–H and O–H groups in total. The number of benzene rings is 3. The van der Waals surface area contributed by atoms with Crippen molar-refractivity contribution in [1.82, 2.24) is 4.90 Å². The zero-order valence-corrected chi connectivity index (χ0v) is 16.2. The minimum Gasteiger partial charge on any atom is -0.385 e. The van der Waals surface area contributed by atoms with Gasteiger partial charge in [-0.1, -0.05) is 78.9 Å². The van der Waals surface area contributed by atoms with Gasteiger partial charge in [0.05, 0.1) is 11.6 Å². The van der Waals surface area contributed by atoms with Crippen molar-refractivity contribution in [2.45, 2.75) is 37.3 Å². The fourth-order valence-electron chi connectivity index (χ4n) is 5.08. The summed E-state index contributed by atoms with van der Waals surface area (Å²) in [6.07, 6.45) is 3.76. The van der Waals surface area contributed by atoms with Gasteiger partial charge in [-0.2, -0.15) is 0 Å². The fraction of sp³-hybridized carbons (Fsp3) is 0.308. The van der Waals surface area contributed by atoms with Crippen LogP contribution in [-0.4, -0.2) is 23.1 Å². The Balaban J connectivity index is 1.49. The van der Waals surface area contributed by atoms with Gasteiger partial charge in [0.1, 0.15) is 0 Å². The summed E-state index contributed by atoms with van der Waals surface area (Å²) >= 11 is 0. The standard InChI is InChI=1S/C26H27NO/c28-26(22-10-2-1-3-11-22)16-18-27(19-17-26)25-23-12-6-4-8-20(23)14-15-21-9-5-7-13-24(21)25/h1-13,25,28H,14-19H2. The quantitative estimate of drug-likeness (QED) is 0.697. The van der Waals surface area contributed by atoms with E-state index >= 15 is 0 Å². The fourth-order valence-corrected chi connectivity index (χ4v) is 5.08. The molecule has 1 saturated heterocycles. The van der Waals surface area contributed by atoms with Gasteiger partial charge in [0.25, 0.3) is 0 Å². The summed E-state index contributed by atoms with van der Waals surface area (Å²) < 4.78 is 0. The lowest BCUT2D eigenvalue weighted by atomic mass is 9.82. The molecule has 2 nitrogen and oxygen atoms in total. The van der Waals surface area contributed by atoms with E-state index in [0.717, 1.165) is 44.3 Å². The van der Waals surface area contributed by atoms with Crippen LogP contribution in [0, 0.1) is 0 Å². The summed E-state index contributed by atoms with van der Waals surface area (Å²) in [7, 11) is 0. The zero-order chi connectivity index (χ0) is 19.0. The Morgan fingerprint density at radius 2 is 1.18 bits per heavy atom. The Kier molecular flexibility index (Phi) is 4.54. The summed E-state index contributed by atoms with van der Waals surface area (Å²) in [5, 5.41) is 11.3. The van der Waals surface area contributed by atoms with E-state index in [1.165, 1.54) is 22.3 Å². The molecule has 3 aromatic carbocycles. The van der Waals surface area contributed by atoms with E-state index in [-0.39, 0.29) is 6.04 Å². The van der Waals surface area contributed by atoms with Gasteiger partial charge < -0.3 is 5.11 Å². The molecule has 142 valence electrons. The highest BCUT2D eigenvalue weighted by atomic mass is 16.3. The van der Waals surface area contributed by atoms with Gasteiger partial charge in [-0.05, 0) is 53.5 Å². The number of aryl methyl sites for hydroxylation is 2. The molecule has 2 heteroatoms.